The van der Waals surface area contributed by atoms with Crippen molar-refractivity contribution in [1.29, 1.82) is 0 Å². The topological polar surface area (TPSA) is 55.8 Å². The standard InChI is InChI=1S/C18H17FO4/c19-17-15(2-1-3-16(17)18(20)21)13-4-6-14(7-5-13)23-11-12-8-9-22-10-12/h1-7,12H,8-11H2,(H,20,21). The Morgan fingerprint density at radius 3 is 2.70 bits per heavy atom. The molecule has 1 unspecified atom stereocenters. The molecule has 2 aromatic rings. The second-order valence-corrected chi connectivity index (χ2v) is 5.54. The Balaban J connectivity index is 1.74. The van der Waals surface area contributed by atoms with E-state index in [0.29, 0.717) is 23.8 Å². The molecule has 1 N–H and O–H groups in total. The molecular weight excluding hydrogens is 299 g/mol. The van der Waals surface area contributed by atoms with Gasteiger partial charge in [-0.15, -0.1) is 0 Å². The van der Waals surface area contributed by atoms with E-state index in [2.05, 4.69) is 0 Å². The highest BCUT2D eigenvalue weighted by atomic mass is 19.1. The van der Waals surface area contributed by atoms with Gasteiger partial charge in [-0.25, -0.2) is 9.18 Å². The maximum atomic E-state index is 14.2. The van der Waals surface area contributed by atoms with Gasteiger partial charge in [0.15, 0.2) is 0 Å². The van der Waals surface area contributed by atoms with Crippen molar-refractivity contribution in [1.82, 2.24) is 0 Å². The lowest BCUT2D eigenvalue weighted by atomic mass is 10.0. The van der Waals surface area contributed by atoms with Gasteiger partial charge in [-0.2, -0.15) is 0 Å². The highest BCUT2D eigenvalue weighted by Crippen LogP contribution is 2.27. The van der Waals surface area contributed by atoms with Crippen LogP contribution in [0.4, 0.5) is 4.39 Å². The highest BCUT2D eigenvalue weighted by Gasteiger charge is 2.17. The van der Waals surface area contributed by atoms with Gasteiger partial charge in [-0.1, -0.05) is 24.3 Å². The van der Waals surface area contributed by atoms with Crippen molar-refractivity contribution in [3.8, 4) is 16.9 Å². The summed E-state index contributed by atoms with van der Waals surface area (Å²) in [7, 11) is 0. The molecule has 0 saturated carbocycles. The zero-order valence-electron chi connectivity index (χ0n) is 12.5. The minimum absolute atomic E-state index is 0.264. The molecule has 120 valence electrons. The highest BCUT2D eigenvalue weighted by molar-refractivity contribution is 5.90. The molecule has 1 fully saturated rings. The Bertz CT molecular complexity index is 691. The number of carboxylic acids is 1. The first-order valence-corrected chi connectivity index (χ1v) is 7.48. The van der Waals surface area contributed by atoms with Crippen LogP contribution in [-0.2, 0) is 4.74 Å². The van der Waals surface area contributed by atoms with Gasteiger partial charge >= 0.3 is 5.97 Å². The van der Waals surface area contributed by atoms with Crippen LogP contribution in [0.25, 0.3) is 11.1 Å². The number of benzene rings is 2. The molecular formula is C18H17FO4. The molecule has 0 spiro atoms. The van der Waals surface area contributed by atoms with Crippen molar-refractivity contribution in [2.24, 2.45) is 5.92 Å². The molecule has 23 heavy (non-hydrogen) atoms. The molecule has 0 aromatic heterocycles. The van der Waals surface area contributed by atoms with Gasteiger partial charge in [-0.05, 0) is 30.2 Å². The normalized spacial score (nSPS) is 17.2. The van der Waals surface area contributed by atoms with E-state index in [-0.39, 0.29) is 11.1 Å². The van der Waals surface area contributed by atoms with Crippen LogP contribution >= 0.6 is 0 Å². The molecule has 1 heterocycles. The Morgan fingerprint density at radius 2 is 2.04 bits per heavy atom. The molecule has 0 radical (unpaired) electrons. The minimum Gasteiger partial charge on any atom is -0.493 e. The molecule has 1 atom stereocenters. The van der Waals surface area contributed by atoms with Gasteiger partial charge in [0.25, 0.3) is 0 Å². The number of hydrogen-bond acceptors (Lipinski definition) is 3. The summed E-state index contributed by atoms with van der Waals surface area (Å²) in [6, 6.07) is 11.3. The van der Waals surface area contributed by atoms with E-state index in [4.69, 9.17) is 14.6 Å². The van der Waals surface area contributed by atoms with E-state index in [9.17, 15) is 9.18 Å². The molecule has 0 aliphatic carbocycles. The fourth-order valence-electron chi connectivity index (χ4n) is 2.58. The van der Waals surface area contributed by atoms with Crippen LogP contribution in [0.1, 0.15) is 16.8 Å². The van der Waals surface area contributed by atoms with Crippen LogP contribution in [0.3, 0.4) is 0 Å². The quantitative estimate of drug-likeness (QED) is 0.915. The zero-order chi connectivity index (χ0) is 16.2. The number of ether oxygens (including phenoxy) is 2. The van der Waals surface area contributed by atoms with Crippen LogP contribution in [-0.4, -0.2) is 30.9 Å². The van der Waals surface area contributed by atoms with Crippen molar-refractivity contribution in [2.75, 3.05) is 19.8 Å². The summed E-state index contributed by atoms with van der Waals surface area (Å²) >= 11 is 0. The Hall–Kier alpha value is -2.40. The van der Waals surface area contributed by atoms with E-state index in [1.54, 1.807) is 30.3 Å². The second kappa shape index (κ2) is 6.79. The van der Waals surface area contributed by atoms with Crippen LogP contribution in [0.2, 0.25) is 0 Å². The largest absolute Gasteiger partial charge is 0.493 e. The smallest absolute Gasteiger partial charge is 0.338 e. The summed E-state index contributed by atoms with van der Waals surface area (Å²) in [5, 5.41) is 8.98. The first-order valence-electron chi connectivity index (χ1n) is 7.48. The van der Waals surface area contributed by atoms with Crippen molar-refractivity contribution < 1.29 is 23.8 Å². The molecule has 1 aliphatic rings. The monoisotopic (exact) mass is 316 g/mol. The summed E-state index contributed by atoms with van der Waals surface area (Å²) < 4.78 is 25.2. The SMILES string of the molecule is O=C(O)c1cccc(-c2ccc(OCC3CCOC3)cc2)c1F. The fourth-order valence-corrected chi connectivity index (χ4v) is 2.58. The molecule has 5 heteroatoms. The van der Waals surface area contributed by atoms with Crippen molar-refractivity contribution in [3.63, 3.8) is 0 Å². The van der Waals surface area contributed by atoms with E-state index >= 15 is 0 Å². The molecule has 3 rings (SSSR count). The predicted octanol–water partition coefficient (Wildman–Crippen LogP) is 3.61. The average Bonchev–Trinajstić information content (AvgIpc) is 3.07. The Morgan fingerprint density at radius 1 is 1.26 bits per heavy atom. The van der Waals surface area contributed by atoms with Gasteiger partial charge in [0.2, 0.25) is 0 Å². The van der Waals surface area contributed by atoms with Crippen LogP contribution < -0.4 is 4.74 Å². The predicted molar refractivity (Wildman–Crippen MR) is 83.2 cm³/mol. The summed E-state index contributed by atoms with van der Waals surface area (Å²) in [5.41, 5.74) is 0.548. The molecule has 4 nitrogen and oxygen atoms in total. The van der Waals surface area contributed by atoms with Gasteiger partial charge in [0.05, 0.1) is 18.8 Å². The molecule has 0 bridgehead atoms. The first-order chi connectivity index (χ1) is 11.1. The molecule has 2 aromatic carbocycles. The van der Waals surface area contributed by atoms with Crippen molar-refractivity contribution >= 4 is 5.97 Å². The maximum absolute atomic E-state index is 14.2. The minimum atomic E-state index is -1.27. The zero-order valence-corrected chi connectivity index (χ0v) is 12.5. The van der Waals surface area contributed by atoms with Gasteiger partial charge < -0.3 is 14.6 Å². The number of rotatable bonds is 5. The third kappa shape index (κ3) is 3.51. The lowest BCUT2D eigenvalue weighted by molar-refractivity contribution is 0.0692. The average molecular weight is 316 g/mol. The third-order valence-corrected chi connectivity index (χ3v) is 3.90. The summed E-state index contributed by atoms with van der Waals surface area (Å²) in [6.45, 7) is 2.11. The number of carboxylic acid groups (broad SMARTS) is 1. The van der Waals surface area contributed by atoms with Gasteiger partial charge in [-0.3, -0.25) is 0 Å². The Kier molecular flexibility index (Phi) is 4.57. The van der Waals surface area contributed by atoms with Crippen molar-refractivity contribution in [2.45, 2.75) is 6.42 Å². The van der Waals surface area contributed by atoms with Crippen LogP contribution in [0.5, 0.6) is 5.75 Å². The summed E-state index contributed by atoms with van der Waals surface area (Å²) in [6.07, 6.45) is 1.01. The first kappa shape index (κ1) is 15.5. The fraction of sp³-hybridized carbons (Fsp3) is 0.278. The summed E-state index contributed by atoms with van der Waals surface area (Å²) in [4.78, 5) is 11.0. The van der Waals surface area contributed by atoms with E-state index in [1.165, 1.54) is 12.1 Å². The lowest BCUT2D eigenvalue weighted by Gasteiger charge is -2.11. The molecule has 1 saturated heterocycles. The maximum Gasteiger partial charge on any atom is 0.338 e. The third-order valence-electron chi connectivity index (χ3n) is 3.90. The van der Waals surface area contributed by atoms with Crippen molar-refractivity contribution in [3.05, 3.63) is 53.8 Å². The van der Waals surface area contributed by atoms with Crippen LogP contribution in [0, 0.1) is 11.7 Å². The molecule has 0 amide bonds. The number of halogens is 1. The number of carbonyl (C=O) groups is 1. The number of aromatic carboxylic acids is 1. The van der Waals surface area contributed by atoms with E-state index < -0.39 is 11.8 Å². The van der Waals surface area contributed by atoms with Gasteiger partial charge in [0.1, 0.15) is 11.6 Å². The van der Waals surface area contributed by atoms with E-state index in [1.807, 2.05) is 0 Å². The van der Waals surface area contributed by atoms with Gasteiger partial charge in [0, 0.05) is 18.1 Å². The Labute approximate surface area is 133 Å². The summed E-state index contributed by atoms with van der Waals surface area (Å²) in [5.74, 6) is -0.880. The van der Waals surface area contributed by atoms with Crippen LogP contribution in [0.15, 0.2) is 42.5 Å². The lowest BCUT2D eigenvalue weighted by Crippen LogP contribution is -2.11. The number of hydrogen-bond donors (Lipinski definition) is 1. The molecule has 1 aliphatic heterocycles. The second-order valence-electron chi connectivity index (χ2n) is 5.54. The van der Waals surface area contributed by atoms with E-state index in [0.717, 1.165) is 19.6 Å².